The highest BCUT2D eigenvalue weighted by molar-refractivity contribution is 6.31. The van der Waals surface area contributed by atoms with Crippen molar-refractivity contribution in [2.24, 2.45) is 0 Å². The molecule has 0 fully saturated rings. The van der Waals surface area contributed by atoms with Crippen molar-refractivity contribution in [3.8, 4) is 16.9 Å². The fourth-order valence-electron chi connectivity index (χ4n) is 3.94. The number of anilines is 1. The second kappa shape index (κ2) is 11.2. The van der Waals surface area contributed by atoms with Crippen molar-refractivity contribution in [1.82, 2.24) is 9.88 Å². The second-order valence-electron chi connectivity index (χ2n) is 8.26. The Morgan fingerprint density at radius 1 is 0.917 bits per heavy atom. The van der Waals surface area contributed by atoms with E-state index in [1.54, 1.807) is 30.3 Å². The summed E-state index contributed by atoms with van der Waals surface area (Å²) in [7, 11) is 0. The normalized spacial score (nSPS) is 10.8. The molecule has 0 radical (unpaired) electrons. The van der Waals surface area contributed by atoms with E-state index in [4.69, 9.17) is 11.6 Å². The second-order valence-corrected chi connectivity index (χ2v) is 8.66. The van der Waals surface area contributed by atoms with Crippen LogP contribution in [-0.4, -0.2) is 16.4 Å². The summed E-state index contributed by atoms with van der Waals surface area (Å²) in [6.45, 7) is 1.44. The van der Waals surface area contributed by atoms with Crippen LogP contribution >= 0.6 is 11.6 Å². The lowest BCUT2D eigenvalue weighted by atomic mass is 10.1. The molecule has 0 spiro atoms. The molecule has 3 aromatic carbocycles. The highest BCUT2D eigenvalue weighted by Gasteiger charge is 2.15. The van der Waals surface area contributed by atoms with E-state index in [2.05, 4.69) is 10.6 Å². The largest absolute Gasteiger partial charge is 0.352 e. The summed E-state index contributed by atoms with van der Waals surface area (Å²) in [5.41, 5.74) is 4.23. The fourth-order valence-corrected chi connectivity index (χ4v) is 4.17. The Bertz CT molecular complexity index is 1360. The quantitative estimate of drug-likeness (QED) is 0.295. The van der Waals surface area contributed by atoms with Crippen molar-refractivity contribution in [3.63, 3.8) is 0 Å². The number of nitrogens with zero attached hydrogens (tertiary/aromatic N) is 1. The third-order valence-electron chi connectivity index (χ3n) is 5.68. The molecule has 36 heavy (non-hydrogen) atoms. The number of benzene rings is 3. The summed E-state index contributed by atoms with van der Waals surface area (Å²) in [5.74, 6) is -1.21. The lowest BCUT2D eigenvalue weighted by Gasteiger charge is -2.15. The van der Waals surface area contributed by atoms with Gasteiger partial charge in [0.25, 0.3) is 0 Å². The zero-order valence-electron chi connectivity index (χ0n) is 19.5. The van der Waals surface area contributed by atoms with E-state index in [-0.39, 0.29) is 41.2 Å². The average molecular weight is 508 g/mol. The van der Waals surface area contributed by atoms with Crippen LogP contribution in [-0.2, 0) is 22.6 Å². The summed E-state index contributed by atoms with van der Waals surface area (Å²) in [4.78, 5) is 23.9. The van der Waals surface area contributed by atoms with Crippen LogP contribution in [0.15, 0.2) is 78.9 Å². The molecular weight excluding hydrogens is 484 g/mol. The van der Waals surface area contributed by atoms with Crippen molar-refractivity contribution in [1.29, 1.82) is 0 Å². The first-order valence-electron chi connectivity index (χ1n) is 11.4. The first-order valence-corrected chi connectivity index (χ1v) is 11.7. The molecule has 1 aromatic heterocycles. The zero-order valence-corrected chi connectivity index (χ0v) is 20.3. The van der Waals surface area contributed by atoms with Gasteiger partial charge < -0.3 is 15.2 Å². The van der Waals surface area contributed by atoms with Crippen LogP contribution in [0.25, 0.3) is 16.9 Å². The molecule has 4 rings (SSSR count). The predicted molar refractivity (Wildman–Crippen MR) is 137 cm³/mol. The minimum Gasteiger partial charge on any atom is -0.352 e. The van der Waals surface area contributed by atoms with Gasteiger partial charge in [-0.15, -0.1) is 0 Å². The number of hydrogen-bond donors (Lipinski definition) is 2. The third kappa shape index (κ3) is 5.98. The van der Waals surface area contributed by atoms with Crippen LogP contribution in [0, 0.1) is 11.6 Å². The Hall–Kier alpha value is -3.97. The molecule has 0 unspecified atom stereocenters. The maximum Gasteiger partial charge on any atom is 0.221 e. The van der Waals surface area contributed by atoms with E-state index < -0.39 is 5.82 Å². The lowest BCUT2D eigenvalue weighted by molar-refractivity contribution is -0.121. The molecule has 184 valence electrons. The summed E-state index contributed by atoms with van der Waals surface area (Å²) >= 11 is 6.04. The van der Waals surface area contributed by atoms with Crippen LogP contribution in [0.5, 0.6) is 0 Å². The Labute approximate surface area is 212 Å². The Morgan fingerprint density at radius 3 is 2.31 bits per heavy atom. The van der Waals surface area contributed by atoms with E-state index in [0.717, 1.165) is 22.6 Å². The standard InChI is InChI=1S/C28H24ClF2N3O2/c1-18(35)33-21-9-11-22(12-10-21)34-23(13-15-27(34)19-5-7-20(30)8-6-19)14-16-28(36)32-17-24-25(29)3-2-4-26(24)31/h2-13,15H,14,16-17H2,1H3,(H,32,36)(H,33,35). The number of nitrogens with one attached hydrogen (secondary N) is 2. The molecule has 0 saturated carbocycles. The van der Waals surface area contributed by atoms with Gasteiger partial charge in [-0.25, -0.2) is 8.78 Å². The van der Waals surface area contributed by atoms with E-state index in [1.807, 2.05) is 28.8 Å². The minimum absolute atomic E-state index is 0.00318. The number of carbonyl (C=O) groups excluding carboxylic acids is 2. The van der Waals surface area contributed by atoms with Crippen LogP contribution in [0.1, 0.15) is 24.6 Å². The fraction of sp³-hybridized carbons (Fsp3) is 0.143. The average Bonchev–Trinajstić information content (AvgIpc) is 3.27. The molecule has 5 nitrogen and oxygen atoms in total. The van der Waals surface area contributed by atoms with E-state index in [0.29, 0.717) is 12.1 Å². The molecule has 0 atom stereocenters. The first kappa shape index (κ1) is 25.1. The summed E-state index contributed by atoms with van der Waals surface area (Å²) in [6.07, 6.45) is 0.578. The molecule has 0 aliphatic heterocycles. The topological polar surface area (TPSA) is 63.1 Å². The van der Waals surface area contributed by atoms with Gasteiger partial charge in [0, 0.05) is 47.5 Å². The van der Waals surface area contributed by atoms with Crippen LogP contribution in [0.2, 0.25) is 5.02 Å². The van der Waals surface area contributed by atoms with E-state index in [1.165, 1.54) is 31.2 Å². The first-order chi connectivity index (χ1) is 17.3. The maximum absolute atomic E-state index is 14.0. The van der Waals surface area contributed by atoms with Crippen LogP contribution in [0.3, 0.4) is 0 Å². The molecule has 2 N–H and O–H groups in total. The highest BCUT2D eigenvalue weighted by Crippen LogP contribution is 2.28. The SMILES string of the molecule is CC(=O)Nc1ccc(-n2c(CCC(=O)NCc3c(F)cccc3Cl)ccc2-c2ccc(F)cc2)cc1. The van der Waals surface area contributed by atoms with Gasteiger partial charge in [0.05, 0.1) is 5.69 Å². The van der Waals surface area contributed by atoms with Crippen molar-refractivity contribution < 1.29 is 18.4 Å². The number of halogens is 3. The van der Waals surface area contributed by atoms with Gasteiger partial charge in [0.1, 0.15) is 11.6 Å². The predicted octanol–water partition coefficient (Wildman–Crippen LogP) is 6.28. The van der Waals surface area contributed by atoms with Gasteiger partial charge in [-0.3, -0.25) is 9.59 Å². The molecular formula is C28H24ClF2N3O2. The van der Waals surface area contributed by atoms with E-state index in [9.17, 15) is 18.4 Å². The monoisotopic (exact) mass is 507 g/mol. The van der Waals surface area contributed by atoms with Gasteiger partial charge in [-0.05, 0) is 84.8 Å². The lowest BCUT2D eigenvalue weighted by Crippen LogP contribution is -2.24. The molecule has 4 aromatic rings. The molecule has 0 saturated heterocycles. The molecule has 0 bridgehead atoms. The molecule has 1 heterocycles. The number of aromatic nitrogens is 1. The Morgan fingerprint density at radius 2 is 1.64 bits per heavy atom. The zero-order chi connectivity index (χ0) is 25.7. The molecule has 0 aliphatic carbocycles. The summed E-state index contributed by atoms with van der Waals surface area (Å²) in [5, 5.41) is 5.73. The van der Waals surface area contributed by atoms with Crippen molar-refractivity contribution in [2.45, 2.75) is 26.3 Å². The number of hydrogen-bond acceptors (Lipinski definition) is 2. The summed E-state index contributed by atoms with van der Waals surface area (Å²) in [6, 6.07) is 21.7. The molecule has 0 aliphatic rings. The smallest absolute Gasteiger partial charge is 0.221 e. The van der Waals surface area contributed by atoms with Gasteiger partial charge in [0.2, 0.25) is 11.8 Å². The Kier molecular flexibility index (Phi) is 7.80. The molecule has 2 amide bonds. The van der Waals surface area contributed by atoms with Gasteiger partial charge in [-0.2, -0.15) is 0 Å². The van der Waals surface area contributed by atoms with Gasteiger partial charge in [0.15, 0.2) is 0 Å². The maximum atomic E-state index is 14.0. The van der Waals surface area contributed by atoms with Gasteiger partial charge in [-0.1, -0.05) is 17.7 Å². The summed E-state index contributed by atoms with van der Waals surface area (Å²) < 4.78 is 29.5. The number of amides is 2. The van der Waals surface area contributed by atoms with Crippen LogP contribution in [0.4, 0.5) is 14.5 Å². The number of carbonyl (C=O) groups is 2. The van der Waals surface area contributed by atoms with Crippen molar-refractivity contribution in [3.05, 3.63) is 107 Å². The number of aryl methyl sites for hydroxylation is 1. The van der Waals surface area contributed by atoms with Crippen molar-refractivity contribution >= 4 is 29.1 Å². The van der Waals surface area contributed by atoms with Gasteiger partial charge >= 0.3 is 0 Å². The third-order valence-corrected chi connectivity index (χ3v) is 6.03. The van der Waals surface area contributed by atoms with Crippen molar-refractivity contribution in [2.75, 3.05) is 5.32 Å². The van der Waals surface area contributed by atoms with Crippen LogP contribution < -0.4 is 10.6 Å². The number of rotatable bonds is 8. The Balaban J connectivity index is 1.55. The minimum atomic E-state index is -0.469. The highest BCUT2D eigenvalue weighted by atomic mass is 35.5. The van der Waals surface area contributed by atoms with E-state index >= 15 is 0 Å². The molecule has 8 heteroatoms.